The van der Waals surface area contributed by atoms with E-state index in [2.05, 4.69) is 32.9 Å². The molecule has 0 aromatic carbocycles. The molecular formula is C13H21NO2. The Morgan fingerprint density at radius 2 is 2.12 bits per heavy atom. The number of hydrogen-bond acceptors (Lipinski definition) is 2. The number of rotatable bonds is 5. The summed E-state index contributed by atoms with van der Waals surface area (Å²) in [6.07, 6.45) is 6.31. The summed E-state index contributed by atoms with van der Waals surface area (Å²) in [5, 5.41) is 0. The van der Waals surface area contributed by atoms with Crippen molar-refractivity contribution in [1.82, 2.24) is 4.90 Å². The molecule has 90 valence electrons. The number of cyclic esters (lactones) is 1. The average Bonchev–Trinajstić information content (AvgIpc) is 2.60. The molecule has 0 saturated carbocycles. The maximum absolute atomic E-state index is 11.2. The Labute approximate surface area is 97.8 Å². The summed E-state index contributed by atoms with van der Waals surface area (Å²) < 4.78 is 4.86. The molecule has 0 N–H and O–H groups in total. The van der Waals surface area contributed by atoms with Crippen LogP contribution in [0.15, 0.2) is 23.3 Å². The van der Waals surface area contributed by atoms with Crippen molar-refractivity contribution in [3.8, 4) is 0 Å². The van der Waals surface area contributed by atoms with Crippen LogP contribution in [-0.4, -0.2) is 30.7 Å². The van der Waals surface area contributed by atoms with Crippen molar-refractivity contribution in [3.63, 3.8) is 0 Å². The molecule has 1 aliphatic heterocycles. The molecule has 0 bridgehead atoms. The predicted octanol–water partition coefficient (Wildman–Crippen LogP) is 3.13. The van der Waals surface area contributed by atoms with Gasteiger partial charge in [0.15, 0.2) is 0 Å². The zero-order valence-electron chi connectivity index (χ0n) is 10.5. The van der Waals surface area contributed by atoms with Crippen LogP contribution >= 0.6 is 0 Å². The van der Waals surface area contributed by atoms with Crippen LogP contribution in [0.2, 0.25) is 0 Å². The number of allylic oxidation sites excluding steroid dienone is 3. The minimum Gasteiger partial charge on any atom is -0.448 e. The summed E-state index contributed by atoms with van der Waals surface area (Å²) in [5.74, 6) is 0. The van der Waals surface area contributed by atoms with E-state index in [4.69, 9.17) is 4.74 Å². The van der Waals surface area contributed by atoms with Gasteiger partial charge in [-0.2, -0.15) is 0 Å². The summed E-state index contributed by atoms with van der Waals surface area (Å²) in [5.41, 5.74) is 2.69. The van der Waals surface area contributed by atoms with Gasteiger partial charge in [-0.1, -0.05) is 23.3 Å². The molecule has 3 nitrogen and oxygen atoms in total. The Morgan fingerprint density at radius 3 is 2.69 bits per heavy atom. The van der Waals surface area contributed by atoms with E-state index in [1.807, 2.05) is 0 Å². The fourth-order valence-corrected chi connectivity index (χ4v) is 1.55. The smallest absolute Gasteiger partial charge is 0.410 e. The third-order valence-corrected chi connectivity index (χ3v) is 2.60. The van der Waals surface area contributed by atoms with Gasteiger partial charge < -0.3 is 9.64 Å². The van der Waals surface area contributed by atoms with E-state index in [0.29, 0.717) is 13.2 Å². The Hall–Kier alpha value is -1.25. The van der Waals surface area contributed by atoms with Gasteiger partial charge in [0.2, 0.25) is 0 Å². The van der Waals surface area contributed by atoms with Crippen LogP contribution in [0.4, 0.5) is 4.79 Å². The Bertz CT molecular complexity index is 301. The highest BCUT2D eigenvalue weighted by molar-refractivity contribution is 5.69. The fourth-order valence-electron chi connectivity index (χ4n) is 1.55. The van der Waals surface area contributed by atoms with E-state index in [-0.39, 0.29) is 6.09 Å². The van der Waals surface area contributed by atoms with Crippen LogP contribution in [-0.2, 0) is 4.74 Å². The van der Waals surface area contributed by atoms with Gasteiger partial charge in [0.1, 0.15) is 6.61 Å². The molecule has 0 aromatic rings. The maximum Gasteiger partial charge on any atom is 0.410 e. The second kappa shape index (κ2) is 6.36. The summed E-state index contributed by atoms with van der Waals surface area (Å²) in [6, 6.07) is 0. The van der Waals surface area contributed by atoms with Crippen molar-refractivity contribution >= 4 is 6.09 Å². The molecule has 3 heteroatoms. The van der Waals surface area contributed by atoms with E-state index in [1.165, 1.54) is 11.1 Å². The monoisotopic (exact) mass is 223 g/mol. The normalized spacial score (nSPS) is 16.3. The van der Waals surface area contributed by atoms with Gasteiger partial charge in [-0.15, -0.1) is 0 Å². The predicted molar refractivity (Wildman–Crippen MR) is 65.3 cm³/mol. The first kappa shape index (κ1) is 12.8. The van der Waals surface area contributed by atoms with Gasteiger partial charge >= 0.3 is 6.09 Å². The minimum absolute atomic E-state index is 0.187. The molecule has 16 heavy (non-hydrogen) atoms. The lowest BCUT2D eigenvalue weighted by atomic mass is 10.1. The fraction of sp³-hybridized carbons (Fsp3) is 0.615. The maximum atomic E-state index is 11.2. The van der Waals surface area contributed by atoms with Gasteiger partial charge in [-0.3, -0.25) is 0 Å². The molecule has 1 rings (SSSR count). The molecule has 1 amide bonds. The molecule has 1 fully saturated rings. The van der Waals surface area contributed by atoms with Crippen molar-refractivity contribution in [2.45, 2.75) is 33.6 Å². The first-order valence-corrected chi connectivity index (χ1v) is 5.80. The average molecular weight is 223 g/mol. The lowest BCUT2D eigenvalue weighted by Crippen LogP contribution is -2.24. The van der Waals surface area contributed by atoms with Crippen LogP contribution in [0.3, 0.4) is 0 Å². The van der Waals surface area contributed by atoms with Crippen LogP contribution < -0.4 is 0 Å². The molecule has 0 spiro atoms. The highest BCUT2D eigenvalue weighted by atomic mass is 16.6. The molecule has 1 aliphatic rings. The largest absolute Gasteiger partial charge is 0.448 e. The highest BCUT2D eigenvalue weighted by Gasteiger charge is 2.19. The van der Waals surface area contributed by atoms with Crippen molar-refractivity contribution in [2.24, 2.45) is 0 Å². The summed E-state index contributed by atoms with van der Waals surface area (Å²) in [4.78, 5) is 12.9. The van der Waals surface area contributed by atoms with Gasteiger partial charge in [0.05, 0.1) is 6.54 Å². The zero-order valence-corrected chi connectivity index (χ0v) is 10.5. The molecule has 0 atom stereocenters. The summed E-state index contributed by atoms with van der Waals surface area (Å²) in [7, 11) is 0. The summed E-state index contributed by atoms with van der Waals surface area (Å²) >= 11 is 0. The van der Waals surface area contributed by atoms with Crippen molar-refractivity contribution in [1.29, 1.82) is 0 Å². The number of amides is 1. The standard InChI is InChI=1S/C13H21NO2/c1-11(2)5-4-6-12(3)7-8-14-9-10-16-13(14)15/h5,7H,4,6,8-10H2,1-3H3. The van der Waals surface area contributed by atoms with Gasteiger partial charge in [0, 0.05) is 6.54 Å². The molecule has 0 unspecified atom stereocenters. The molecule has 0 radical (unpaired) electrons. The Kier molecular flexibility index (Phi) is 5.09. The SMILES string of the molecule is CC(C)=CCCC(C)=CCN1CCOC1=O. The van der Waals surface area contributed by atoms with Crippen LogP contribution in [0, 0.1) is 0 Å². The van der Waals surface area contributed by atoms with E-state index in [1.54, 1.807) is 4.90 Å². The third kappa shape index (κ3) is 4.51. The Morgan fingerprint density at radius 1 is 1.38 bits per heavy atom. The Balaban J connectivity index is 2.28. The highest BCUT2D eigenvalue weighted by Crippen LogP contribution is 2.08. The number of carbonyl (C=O) groups is 1. The number of ether oxygens (including phenoxy) is 1. The zero-order chi connectivity index (χ0) is 12.0. The number of carbonyl (C=O) groups excluding carboxylic acids is 1. The lowest BCUT2D eigenvalue weighted by Gasteiger charge is -2.09. The van der Waals surface area contributed by atoms with Crippen molar-refractivity contribution in [3.05, 3.63) is 23.3 Å². The van der Waals surface area contributed by atoms with E-state index >= 15 is 0 Å². The molecule has 0 aromatic heterocycles. The van der Waals surface area contributed by atoms with Gasteiger partial charge in [-0.05, 0) is 33.6 Å². The second-order valence-corrected chi connectivity index (χ2v) is 4.43. The minimum atomic E-state index is -0.187. The van der Waals surface area contributed by atoms with Crippen LogP contribution in [0.5, 0.6) is 0 Å². The van der Waals surface area contributed by atoms with E-state index in [9.17, 15) is 4.79 Å². The van der Waals surface area contributed by atoms with Crippen molar-refractivity contribution < 1.29 is 9.53 Å². The van der Waals surface area contributed by atoms with E-state index < -0.39 is 0 Å². The lowest BCUT2D eigenvalue weighted by molar-refractivity contribution is 0.161. The molecule has 1 heterocycles. The van der Waals surface area contributed by atoms with Crippen molar-refractivity contribution in [2.75, 3.05) is 19.7 Å². The van der Waals surface area contributed by atoms with Crippen LogP contribution in [0.25, 0.3) is 0 Å². The van der Waals surface area contributed by atoms with Crippen LogP contribution in [0.1, 0.15) is 33.6 Å². The first-order chi connectivity index (χ1) is 7.59. The molecule has 0 aliphatic carbocycles. The summed E-state index contributed by atoms with van der Waals surface area (Å²) in [6.45, 7) is 8.26. The molecule has 1 saturated heterocycles. The first-order valence-electron chi connectivity index (χ1n) is 5.80. The molecular weight excluding hydrogens is 202 g/mol. The van der Waals surface area contributed by atoms with Gasteiger partial charge in [-0.25, -0.2) is 4.79 Å². The number of hydrogen-bond donors (Lipinski definition) is 0. The third-order valence-electron chi connectivity index (χ3n) is 2.60. The quantitative estimate of drug-likeness (QED) is 0.670. The number of nitrogens with zero attached hydrogens (tertiary/aromatic N) is 1. The topological polar surface area (TPSA) is 29.5 Å². The second-order valence-electron chi connectivity index (χ2n) is 4.43. The van der Waals surface area contributed by atoms with Gasteiger partial charge in [0.25, 0.3) is 0 Å². The van der Waals surface area contributed by atoms with E-state index in [0.717, 1.165) is 19.4 Å².